The van der Waals surface area contributed by atoms with Crippen LogP contribution in [0.5, 0.6) is 0 Å². The molecule has 37 heavy (non-hydrogen) atoms. The molecule has 194 valence electrons. The Morgan fingerprint density at radius 1 is 1.08 bits per heavy atom. The summed E-state index contributed by atoms with van der Waals surface area (Å²) in [6.07, 6.45) is -3.45. The number of fused-ring (bicyclic) bond motifs is 1. The number of halogens is 3. The molecule has 0 aliphatic carbocycles. The van der Waals surface area contributed by atoms with Crippen LogP contribution in [0.1, 0.15) is 23.1 Å². The van der Waals surface area contributed by atoms with Crippen LogP contribution in [0.4, 0.5) is 29.3 Å². The van der Waals surface area contributed by atoms with Gasteiger partial charge < -0.3 is 21.1 Å². The highest BCUT2D eigenvalue weighted by Gasteiger charge is 2.30. The molecule has 1 aromatic heterocycles. The van der Waals surface area contributed by atoms with Crippen molar-refractivity contribution in [1.82, 2.24) is 9.58 Å². The smallest absolute Gasteiger partial charge is 0.379 e. The van der Waals surface area contributed by atoms with Gasteiger partial charge >= 0.3 is 12.2 Å². The summed E-state index contributed by atoms with van der Waals surface area (Å²) < 4.78 is 46.2. The summed E-state index contributed by atoms with van der Waals surface area (Å²) in [4.78, 5) is 19.0. The minimum atomic E-state index is -4.49. The summed E-state index contributed by atoms with van der Waals surface area (Å²) in [7, 11) is 0. The summed E-state index contributed by atoms with van der Waals surface area (Å²) >= 11 is 0. The molecule has 9 nitrogen and oxygen atoms in total. The lowest BCUT2D eigenvalue weighted by Gasteiger charge is -2.27. The van der Waals surface area contributed by atoms with E-state index in [9.17, 15) is 18.0 Å². The number of morpholine rings is 1. The van der Waals surface area contributed by atoms with Gasteiger partial charge in [0.1, 0.15) is 12.5 Å². The average Bonchev–Trinajstić information content (AvgIpc) is 3.24. The quantitative estimate of drug-likeness (QED) is 0.409. The number of carbonyl (C=O) groups is 1. The third-order valence-electron chi connectivity index (χ3n) is 6.21. The van der Waals surface area contributed by atoms with Gasteiger partial charge in [0.15, 0.2) is 0 Å². The second-order valence-electron chi connectivity index (χ2n) is 8.75. The van der Waals surface area contributed by atoms with E-state index in [-0.39, 0.29) is 5.69 Å². The van der Waals surface area contributed by atoms with Crippen LogP contribution >= 0.6 is 0 Å². The largest absolute Gasteiger partial charge is 0.416 e. The van der Waals surface area contributed by atoms with Crippen LogP contribution in [0.15, 0.2) is 59.6 Å². The summed E-state index contributed by atoms with van der Waals surface area (Å²) in [5.74, 6) is 0. The van der Waals surface area contributed by atoms with Crippen LogP contribution in [-0.2, 0) is 17.5 Å². The van der Waals surface area contributed by atoms with Crippen LogP contribution < -0.4 is 21.8 Å². The van der Waals surface area contributed by atoms with Crippen molar-refractivity contribution in [1.29, 1.82) is 0 Å². The van der Waals surface area contributed by atoms with Gasteiger partial charge in [0, 0.05) is 36.6 Å². The number of anilines is 2. The summed E-state index contributed by atoms with van der Waals surface area (Å²) in [5, 5.41) is 5.07. The van der Waals surface area contributed by atoms with Crippen LogP contribution in [0.25, 0.3) is 11.1 Å². The van der Waals surface area contributed by atoms with Gasteiger partial charge in [-0.05, 0) is 42.0 Å². The second kappa shape index (κ2) is 10.2. The van der Waals surface area contributed by atoms with Gasteiger partial charge in [-0.1, -0.05) is 18.2 Å². The van der Waals surface area contributed by atoms with E-state index in [1.807, 2.05) is 16.8 Å². The van der Waals surface area contributed by atoms with Crippen LogP contribution in [0, 0.1) is 0 Å². The molecule has 3 heterocycles. The SMILES string of the molecule is NC1N=CNn2c(CN3CCOCC3)cc(-c3ccc(NC(=O)Nc4cccc(C(F)(F)F)c4)cc3)c21. The van der Waals surface area contributed by atoms with Crippen molar-refractivity contribution in [2.45, 2.75) is 18.9 Å². The maximum Gasteiger partial charge on any atom is 0.416 e. The first-order valence-corrected chi connectivity index (χ1v) is 11.7. The Hall–Kier alpha value is -3.87. The second-order valence-corrected chi connectivity index (χ2v) is 8.75. The van der Waals surface area contributed by atoms with E-state index in [0.29, 0.717) is 18.9 Å². The van der Waals surface area contributed by atoms with E-state index in [2.05, 4.69) is 32.0 Å². The fourth-order valence-corrected chi connectivity index (χ4v) is 4.40. The molecule has 5 N–H and O–H groups in total. The monoisotopic (exact) mass is 513 g/mol. The topological polar surface area (TPSA) is 109 Å². The Morgan fingerprint density at radius 3 is 2.54 bits per heavy atom. The van der Waals surface area contributed by atoms with Gasteiger partial charge in [-0.3, -0.25) is 15.0 Å². The molecule has 0 spiro atoms. The average molecular weight is 514 g/mol. The number of aliphatic imine (C=N–C) groups is 1. The molecule has 0 bridgehead atoms. The lowest BCUT2D eigenvalue weighted by atomic mass is 10.0. The first-order chi connectivity index (χ1) is 17.8. The van der Waals surface area contributed by atoms with Crippen molar-refractivity contribution in [3.05, 3.63) is 71.5 Å². The first-order valence-electron chi connectivity index (χ1n) is 11.7. The van der Waals surface area contributed by atoms with Crippen LogP contribution in [-0.4, -0.2) is 48.2 Å². The third kappa shape index (κ3) is 5.61. The molecular formula is C25H26F3N7O2. The van der Waals surface area contributed by atoms with E-state index in [1.54, 1.807) is 18.5 Å². The minimum Gasteiger partial charge on any atom is -0.379 e. The lowest BCUT2D eigenvalue weighted by molar-refractivity contribution is -0.137. The van der Waals surface area contributed by atoms with Crippen molar-refractivity contribution in [2.75, 3.05) is 42.4 Å². The maximum atomic E-state index is 12.9. The highest BCUT2D eigenvalue weighted by Crippen LogP contribution is 2.34. The summed E-state index contributed by atoms with van der Waals surface area (Å²) in [5.41, 5.74) is 12.8. The van der Waals surface area contributed by atoms with Crippen molar-refractivity contribution >= 4 is 23.7 Å². The number of nitrogens with two attached hydrogens (primary N) is 1. The number of hydrogen-bond acceptors (Lipinski definition) is 6. The lowest BCUT2D eigenvalue weighted by Crippen LogP contribution is -2.37. The Kier molecular flexibility index (Phi) is 6.87. The number of urea groups is 1. The molecule has 2 aliphatic rings. The van der Waals surface area contributed by atoms with E-state index < -0.39 is 23.9 Å². The van der Waals surface area contributed by atoms with Gasteiger partial charge in [-0.25, -0.2) is 9.79 Å². The Morgan fingerprint density at radius 2 is 1.81 bits per heavy atom. The van der Waals surface area contributed by atoms with Gasteiger partial charge in [-0.15, -0.1) is 0 Å². The molecule has 2 amide bonds. The molecule has 1 fully saturated rings. The number of rotatable bonds is 5. The number of ether oxygens (including phenoxy) is 1. The fourth-order valence-electron chi connectivity index (χ4n) is 4.40. The zero-order chi connectivity index (χ0) is 26.0. The predicted octanol–water partition coefficient (Wildman–Crippen LogP) is 4.19. The number of amides is 2. The number of hydrogen-bond donors (Lipinski definition) is 4. The minimum absolute atomic E-state index is 0.0409. The zero-order valence-corrected chi connectivity index (χ0v) is 19.8. The normalized spacial score (nSPS) is 17.7. The number of nitrogens with one attached hydrogen (secondary N) is 3. The van der Waals surface area contributed by atoms with Crippen molar-refractivity contribution in [3.63, 3.8) is 0 Å². The molecule has 1 atom stereocenters. The van der Waals surface area contributed by atoms with Crippen LogP contribution in [0.2, 0.25) is 0 Å². The van der Waals surface area contributed by atoms with Gasteiger partial charge in [0.25, 0.3) is 0 Å². The highest BCUT2D eigenvalue weighted by molar-refractivity contribution is 6.00. The molecule has 12 heteroatoms. The van der Waals surface area contributed by atoms with E-state index in [4.69, 9.17) is 10.5 Å². The van der Waals surface area contributed by atoms with E-state index >= 15 is 0 Å². The van der Waals surface area contributed by atoms with E-state index in [0.717, 1.165) is 54.3 Å². The Bertz CT molecular complexity index is 1300. The standard InChI is InChI=1S/C25H26F3N7O2/c26-25(27,28)17-2-1-3-19(12-17)33-24(36)32-18-6-4-16(5-7-18)21-13-20(14-34-8-10-37-11-9-34)35-22(21)23(29)30-15-31-35/h1-7,12-13,15,23H,8-11,14,29H2,(H,30,31)(H2,32,33,36). The molecule has 5 rings (SSSR count). The molecule has 2 aliphatic heterocycles. The Labute approximate surface area is 211 Å². The summed E-state index contributed by atoms with van der Waals surface area (Å²) in [6, 6.07) is 13.0. The van der Waals surface area contributed by atoms with Crippen LogP contribution in [0.3, 0.4) is 0 Å². The molecular weight excluding hydrogens is 487 g/mol. The van der Waals surface area contributed by atoms with Gasteiger partial charge in [-0.2, -0.15) is 13.2 Å². The predicted molar refractivity (Wildman–Crippen MR) is 135 cm³/mol. The Balaban J connectivity index is 1.31. The van der Waals surface area contributed by atoms with Crippen molar-refractivity contribution < 1.29 is 22.7 Å². The van der Waals surface area contributed by atoms with Gasteiger partial charge in [0.05, 0.1) is 30.2 Å². The van der Waals surface area contributed by atoms with E-state index in [1.165, 1.54) is 12.1 Å². The number of alkyl halides is 3. The molecule has 1 unspecified atom stereocenters. The van der Waals surface area contributed by atoms with Gasteiger partial charge in [0.2, 0.25) is 0 Å². The molecule has 1 saturated heterocycles. The molecule has 2 aromatic carbocycles. The molecule has 0 saturated carbocycles. The number of carbonyl (C=O) groups excluding carboxylic acids is 1. The first kappa shape index (κ1) is 24.8. The fraction of sp³-hybridized carbons (Fsp3) is 0.280. The molecule has 3 aromatic rings. The summed E-state index contributed by atoms with van der Waals surface area (Å²) in [6.45, 7) is 3.81. The number of nitrogens with zero attached hydrogens (tertiary/aromatic N) is 3. The van der Waals surface area contributed by atoms with Crippen molar-refractivity contribution in [3.8, 4) is 11.1 Å². The maximum absolute atomic E-state index is 12.9. The number of benzene rings is 2. The molecule has 0 radical (unpaired) electrons. The third-order valence-corrected chi connectivity index (χ3v) is 6.21. The zero-order valence-electron chi connectivity index (χ0n) is 19.8. The highest BCUT2D eigenvalue weighted by atomic mass is 19.4. The number of aromatic nitrogens is 1. The van der Waals surface area contributed by atoms with Crippen molar-refractivity contribution in [2.24, 2.45) is 10.7 Å².